The summed E-state index contributed by atoms with van der Waals surface area (Å²) in [7, 11) is 0. The van der Waals surface area contributed by atoms with Crippen LogP contribution >= 0.6 is 0 Å². The minimum absolute atomic E-state index is 0.932. The maximum absolute atomic E-state index is 2.41. The molecule has 0 saturated carbocycles. The Morgan fingerprint density at radius 1 is 0.793 bits per heavy atom. The smallest absolute Gasteiger partial charge is 0.212 e. The van der Waals surface area contributed by atoms with E-state index in [2.05, 4.69) is 114 Å². The van der Waals surface area contributed by atoms with E-state index in [4.69, 9.17) is 0 Å². The Labute approximate surface area is 172 Å². The van der Waals surface area contributed by atoms with Crippen LogP contribution in [0.4, 0.5) is 5.69 Å². The van der Waals surface area contributed by atoms with Crippen LogP contribution < -0.4 is 9.47 Å². The van der Waals surface area contributed by atoms with Crippen LogP contribution in [-0.2, 0) is 6.54 Å². The summed E-state index contributed by atoms with van der Waals surface area (Å²) in [5.41, 5.74) is 6.33. The summed E-state index contributed by atoms with van der Waals surface area (Å²) in [4.78, 5) is 2.41. The molecule has 2 heterocycles. The molecule has 0 saturated heterocycles. The van der Waals surface area contributed by atoms with Gasteiger partial charge in [0.15, 0.2) is 0 Å². The standard InChI is InChI=1S/C27H25N2/c1-3-28-22(15-13-21-10-6-8-12-26(21)28)19-23-16-17-25-24-11-7-5-9-20(24)14-18-27(25)29(23)4-2/h5-19H,3-4H2,1-2H3/q+1. The zero-order chi connectivity index (χ0) is 19.8. The largest absolute Gasteiger partial charge is 0.341 e. The number of fused-ring (bicyclic) bond motifs is 4. The van der Waals surface area contributed by atoms with Crippen LogP contribution in [0.2, 0.25) is 0 Å². The van der Waals surface area contributed by atoms with Crippen molar-refractivity contribution in [2.75, 3.05) is 11.4 Å². The topological polar surface area (TPSA) is 7.12 Å². The number of benzene rings is 3. The van der Waals surface area contributed by atoms with E-state index in [-0.39, 0.29) is 0 Å². The maximum Gasteiger partial charge on any atom is 0.212 e. The van der Waals surface area contributed by atoms with Gasteiger partial charge in [0.05, 0.1) is 0 Å². The number of likely N-dealkylation sites (N-methyl/N-ethyl adjacent to an activating group) is 1. The van der Waals surface area contributed by atoms with Crippen molar-refractivity contribution < 1.29 is 4.57 Å². The van der Waals surface area contributed by atoms with Crippen molar-refractivity contribution in [3.05, 3.63) is 95.8 Å². The van der Waals surface area contributed by atoms with Crippen molar-refractivity contribution in [2.45, 2.75) is 20.4 Å². The molecule has 2 nitrogen and oxygen atoms in total. The average molecular weight is 378 g/mol. The summed E-state index contributed by atoms with van der Waals surface area (Å²) in [5.74, 6) is 0. The predicted molar refractivity (Wildman–Crippen MR) is 124 cm³/mol. The van der Waals surface area contributed by atoms with E-state index in [1.165, 1.54) is 44.3 Å². The molecule has 1 aromatic heterocycles. The quantitative estimate of drug-likeness (QED) is 0.386. The lowest BCUT2D eigenvalue weighted by Gasteiger charge is -2.30. The van der Waals surface area contributed by atoms with Gasteiger partial charge in [0.25, 0.3) is 0 Å². The summed E-state index contributed by atoms with van der Waals surface area (Å²) >= 11 is 0. The van der Waals surface area contributed by atoms with Gasteiger partial charge in [0.2, 0.25) is 11.2 Å². The Hall–Kier alpha value is -3.39. The minimum atomic E-state index is 0.932. The molecular weight excluding hydrogens is 352 g/mol. The van der Waals surface area contributed by atoms with Crippen LogP contribution in [0.3, 0.4) is 0 Å². The first kappa shape index (κ1) is 17.7. The van der Waals surface area contributed by atoms with E-state index in [0.717, 1.165) is 13.1 Å². The molecule has 0 bridgehead atoms. The molecule has 29 heavy (non-hydrogen) atoms. The van der Waals surface area contributed by atoms with Crippen LogP contribution in [0.15, 0.2) is 84.6 Å². The van der Waals surface area contributed by atoms with E-state index in [9.17, 15) is 0 Å². The van der Waals surface area contributed by atoms with Gasteiger partial charge in [-0.15, -0.1) is 0 Å². The first-order valence-corrected chi connectivity index (χ1v) is 10.4. The van der Waals surface area contributed by atoms with Gasteiger partial charge in [-0.25, -0.2) is 0 Å². The second-order valence-corrected chi connectivity index (χ2v) is 7.43. The van der Waals surface area contributed by atoms with Crippen molar-refractivity contribution in [3.8, 4) is 0 Å². The van der Waals surface area contributed by atoms with Crippen LogP contribution in [0, 0.1) is 0 Å². The molecule has 1 aliphatic rings. The van der Waals surface area contributed by atoms with Gasteiger partial charge in [-0.3, -0.25) is 0 Å². The molecule has 142 valence electrons. The van der Waals surface area contributed by atoms with E-state index in [1.807, 2.05) is 0 Å². The number of nitrogens with zero attached hydrogens (tertiary/aromatic N) is 2. The maximum atomic E-state index is 2.41. The first-order chi connectivity index (χ1) is 14.3. The van der Waals surface area contributed by atoms with E-state index < -0.39 is 0 Å². The number of para-hydroxylation sites is 1. The van der Waals surface area contributed by atoms with E-state index >= 15 is 0 Å². The highest BCUT2D eigenvalue weighted by molar-refractivity contribution is 5.98. The second kappa shape index (κ2) is 7.21. The van der Waals surface area contributed by atoms with Gasteiger partial charge in [-0.1, -0.05) is 48.5 Å². The first-order valence-electron chi connectivity index (χ1n) is 10.4. The molecule has 0 fully saturated rings. The summed E-state index contributed by atoms with van der Waals surface area (Å²) in [6.45, 7) is 6.31. The van der Waals surface area contributed by atoms with Crippen LogP contribution in [0.5, 0.6) is 0 Å². The molecule has 0 aliphatic carbocycles. The molecule has 0 unspecified atom stereocenters. The minimum Gasteiger partial charge on any atom is -0.341 e. The zero-order valence-electron chi connectivity index (χ0n) is 17.0. The lowest BCUT2D eigenvalue weighted by atomic mass is 9.98. The van der Waals surface area contributed by atoms with Crippen LogP contribution in [0.25, 0.3) is 33.8 Å². The molecule has 0 radical (unpaired) electrons. The predicted octanol–water partition coefficient (Wildman–Crippen LogP) is 6.19. The molecule has 4 aromatic rings. The monoisotopic (exact) mass is 377 g/mol. The third-order valence-corrected chi connectivity index (χ3v) is 5.87. The summed E-state index contributed by atoms with van der Waals surface area (Å²) in [6, 6.07) is 26.2. The molecule has 1 aliphatic heterocycles. The zero-order valence-corrected chi connectivity index (χ0v) is 17.0. The van der Waals surface area contributed by atoms with Gasteiger partial charge < -0.3 is 4.90 Å². The highest BCUT2D eigenvalue weighted by Gasteiger charge is 2.20. The normalized spacial score (nSPS) is 14.7. The summed E-state index contributed by atoms with van der Waals surface area (Å²) < 4.78 is 2.39. The Kier molecular flexibility index (Phi) is 4.40. The third kappa shape index (κ3) is 2.92. The van der Waals surface area contributed by atoms with Gasteiger partial charge >= 0.3 is 0 Å². The average Bonchev–Trinajstić information content (AvgIpc) is 2.78. The van der Waals surface area contributed by atoms with Gasteiger partial charge in [0, 0.05) is 47.1 Å². The molecule has 2 heteroatoms. The number of hydrogen-bond donors (Lipinski definition) is 0. The Morgan fingerprint density at radius 2 is 1.55 bits per heavy atom. The fourth-order valence-corrected chi connectivity index (χ4v) is 4.48. The van der Waals surface area contributed by atoms with Crippen molar-refractivity contribution in [3.63, 3.8) is 0 Å². The fraction of sp³-hybridized carbons (Fsp3) is 0.148. The number of hydrogen-bond acceptors (Lipinski definition) is 1. The Balaban J connectivity index is 1.66. The molecule has 5 rings (SSSR count). The van der Waals surface area contributed by atoms with Crippen LogP contribution in [-0.4, -0.2) is 6.54 Å². The summed E-state index contributed by atoms with van der Waals surface area (Å²) in [6.07, 6.45) is 6.84. The lowest BCUT2D eigenvalue weighted by molar-refractivity contribution is -0.669. The number of anilines is 1. The fourth-order valence-electron chi connectivity index (χ4n) is 4.48. The van der Waals surface area contributed by atoms with Crippen molar-refractivity contribution >= 4 is 39.5 Å². The Morgan fingerprint density at radius 3 is 2.38 bits per heavy atom. The molecular formula is C27H25N2+. The lowest BCUT2D eigenvalue weighted by Crippen LogP contribution is -2.37. The van der Waals surface area contributed by atoms with Gasteiger partial charge in [0.1, 0.15) is 6.54 Å². The van der Waals surface area contributed by atoms with E-state index in [1.54, 1.807) is 0 Å². The van der Waals surface area contributed by atoms with Crippen LogP contribution in [0.1, 0.15) is 25.1 Å². The SMILES string of the molecule is CCN1/C(=C/c2ccc3ccccc3[n+]2CC)C=Cc2c1ccc1ccccc21. The number of aromatic nitrogens is 1. The highest BCUT2D eigenvalue weighted by atomic mass is 15.1. The molecule has 0 atom stereocenters. The molecule has 0 amide bonds. The number of aryl methyl sites for hydroxylation is 1. The second-order valence-electron chi connectivity index (χ2n) is 7.43. The Bertz CT molecular complexity index is 1280. The third-order valence-electron chi connectivity index (χ3n) is 5.87. The van der Waals surface area contributed by atoms with Crippen molar-refractivity contribution in [1.82, 2.24) is 0 Å². The number of rotatable bonds is 3. The van der Waals surface area contributed by atoms with Crippen molar-refractivity contribution in [1.29, 1.82) is 0 Å². The molecule has 3 aromatic carbocycles. The highest BCUT2D eigenvalue weighted by Crippen LogP contribution is 2.36. The number of allylic oxidation sites excluding steroid dienone is 1. The van der Waals surface area contributed by atoms with E-state index in [0.29, 0.717) is 0 Å². The number of pyridine rings is 1. The molecule has 0 spiro atoms. The summed E-state index contributed by atoms with van der Waals surface area (Å²) in [5, 5.41) is 3.88. The van der Waals surface area contributed by atoms with Gasteiger partial charge in [-0.05, 0) is 48.9 Å². The molecule has 0 N–H and O–H groups in total. The van der Waals surface area contributed by atoms with Crippen molar-refractivity contribution in [2.24, 2.45) is 0 Å². The van der Waals surface area contributed by atoms with Gasteiger partial charge in [-0.2, -0.15) is 4.57 Å².